The molecule has 0 saturated carbocycles. The number of hydrogen-bond donors (Lipinski definition) is 3. The zero-order chi connectivity index (χ0) is 15.6. The molecule has 0 spiro atoms. The van der Waals surface area contributed by atoms with Crippen LogP contribution in [0, 0.1) is 0 Å². The number of benzene rings is 1. The van der Waals surface area contributed by atoms with Crippen molar-refractivity contribution in [3.8, 4) is 11.1 Å². The van der Waals surface area contributed by atoms with Gasteiger partial charge in [0.25, 0.3) is 0 Å². The number of H-pyrrole nitrogens is 2. The van der Waals surface area contributed by atoms with Crippen molar-refractivity contribution in [2.24, 2.45) is 0 Å². The molecule has 3 N–H and O–H groups in total. The topological polar surface area (TPSA) is 73.6 Å². The number of aromatic nitrogens is 3. The molecule has 0 aliphatic rings. The second-order valence-electron chi connectivity index (χ2n) is 5.24. The highest BCUT2D eigenvalue weighted by Crippen LogP contribution is 2.28. The highest BCUT2D eigenvalue weighted by Gasteiger charge is 2.08. The average Bonchev–Trinajstić information content (AvgIpc) is 2.99. The van der Waals surface area contributed by atoms with Crippen molar-refractivity contribution in [2.45, 2.75) is 0 Å². The third-order valence-electron chi connectivity index (χ3n) is 3.66. The van der Waals surface area contributed by atoms with Gasteiger partial charge in [0.1, 0.15) is 11.5 Å². The second kappa shape index (κ2) is 5.46. The Morgan fingerprint density at radius 3 is 2.74 bits per heavy atom. The molecule has 0 unspecified atom stereocenters. The Kier molecular flexibility index (Phi) is 3.16. The number of anilines is 2. The number of nitrogens with zero attached hydrogens (tertiary/aromatic N) is 1. The van der Waals surface area contributed by atoms with Gasteiger partial charge in [-0.05, 0) is 35.9 Å². The van der Waals surface area contributed by atoms with Crippen molar-refractivity contribution >= 4 is 22.5 Å². The van der Waals surface area contributed by atoms with Gasteiger partial charge in [0, 0.05) is 35.1 Å². The lowest BCUT2D eigenvalue weighted by molar-refractivity contribution is 1.23. The first kappa shape index (κ1) is 13.3. The van der Waals surface area contributed by atoms with E-state index in [1.54, 1.807) is 12.3 Å². The monoisotopic (exact) mass is 302 g/mol. The van der Waals surface area contributed by atoms with Crippen molar-refractivity contribution in [1.29, 1.82) is 0 Å². The molecule has 0 fully saturated rings. The Balaban J connectivity index is 1.79. The van der Waals surface area contributed by atoms with Crippen molar-refractivity contribution in [3.63, 3.8) is 0 Å². The minimum Gasteiger partial charge on any atom is -0.346 e. The zero-order valence-electron chi connectivity index (χ0n) is 12.2. The van der Waals surface area contributed by atoms with E-state index in [1.807, 2.05) is 54.7 Å². The fourth-order valence-corrected chi connectivity index (χ4v) is 2.64. The summed E-state index contributed by atoms with van der Waals surface area (Å²) in [5.74, 6) is 0.650. The van der Waals surface area contributed by atoms with Crippen LogP contribution in [0.5, 0.6) is 0 Å². The summed E-state index contributed by atoms with van der Waals surface area (Å²) in [6, 6.07) is 17.1. The number of rotatable bonds is 3. The summed E-state index contributed by atoms with van der Waals surface area (Å²) in [4.78, 5) is 22.2. The van der Waals surface area contributed by atoms with Crippen molar-refractivity contribution in [1.82, 2.24) is 15.0 Å². The van der Waals surface area contributed by atoms with E-state index in [0.717, 1.165) is 27.8 Å². The highest BCUT2D eigenvalue weighted by atomic mass is 16.1. The van der Waals surface area contributed by atoms with E-state index in [4.69, 9.17) is 0 Å². The molecule has 0 atom stereocenters. The third kappa shape index (κ3) is 2.60. The van der Waals surface area contributed by atoms with Crippen LogP contribution < -0.4 is 10.9 Å². The van der Waals surface area contributed by atoms with Gasteiger partial charge in [0.2, 0.25) is 5.56 Å². The molecule has 0 radical (unpaired) electrons. The lowest BCUT2D eigenvalue weighted by Crippen LogP contribution is -2.07. The number of pyridine rings is 2. The molecule has 1 aromatic carbocycles. The first-order valence-corrected chi connectivity index (χ1v) is 7.28. The van der Waals surface area contributed by atoms with E-state index in [2.05, 4.69) is 20.3 Å². The molecule has 3 aromatic heterocycles. The summed E-state index contributed by atoms with van der Waals surface area (Å²) in [6.45, 7) is 0. The van der Waals surface area contributed by atoms with Crippen LogP contribution in [0.25, 0.3) is 22.2 Å². The number of hydrogen-bond acceptors (Lipinski definition) is 3. The molecular weight excluding hydrogens is 288 g/mol. The molecule has 5 heteroatoms. The van der Waals surface area contributed by atoms with Crippen LogP contribution in [-0.4, -0.2) is 15.0 Å². The number of nitrogens with one attached hydrogen (secondary N) is 3. The Hall–Kier alpha value is -3.34. The number of aromatic amines is 2. The number of fused-ring (bicyclic) bond motifs is 1. The van der Waals surface area contributed by atoms with E-state index in [9.17, 15) is 4.79 Å². The Labute approximate surface area is 132 Å². The minimum absolute atomic E-state index is 0.154. The van der Waals surface area contributed by atoms with Crippen LogP contribution in [0.2, 0.25) is 0 Å². The lowest BCUT2D eigenvalue weighted by Gasteiger charge is -2.07. The van der Waals surface area contributed by atoms with E-state index < -0.39 is 0 Å². The van der Waals surface area contributed by atoms with E-state index in [-0.39, 0.29) is 5.56 Å². The predicted octanol–water partition coefficient (Wildman–Crippen LogP) is 3.66. The van der Waals surface area contributed by atoms with Gasteiger partial charge in [0.05, 0.1) is 0 Å². The summed E-state index contributed by atoms with van der Waals surface area (Å²) in [5.41, 5.74) is 3.36. The first-order valence-electron chi connectivity index (χ1n) is 7.28. The molecular formula is C18H14N4O. The van der Waals surface area contributed by atoms with Crippen molar-refractivity contribution < 1.29 is 0 Å². The third-order valence-corrected chi connectivity index (χ3v) is 3.66. The molecule has 112 valence electrons. The molecule has 0 aliphatic carbocycles. The second-order valence-corrected chi connectivity index (χ2v) is 5.24. The average molecular weight is 302 g/mol. The molecule has 0 saturated heterocycles. The summed E-state index contributed by atoms with van der Waals surface area (Å²) < 4.78 is 0. The summed E-state index contributed by atoms with van der Waals surface area (Å²) in [7, 11) is 0. The smallest absolute Gasteiger partial charge is 0.250 e. The standard InChI is InChI=1S/C18H14N4O/c23-17-10-12(15-11-20-18-14(15)7-4-8-19-18)9-16(22-17)21-13-5-2-1-3-6-13/h1-11H,(H,19,20)(H2,21,22,23). The number of para-hydroxylation sites is 1. The zero-order valence-corrected chi connectivity index (χ0v) is 12.2. The Morgan fingerprint density at radius 1 is 1.00 bits per heavy atom. The van der Waals surface area contributed by atoms with Crippen molar-refractivity contribution in [3.05, 3.63) is 77.3 Å². The molecule has 0 bridgehead atoms. The van der Waals surface area contributed by atoms with Crippen LogP contribution in [0.1, 0.15) is 0 Å². The fourth-order valence-electron chi connectivity index (χ4n) is 2.64. The molecule has 23 heavy (non-hydrogen) atoms. The SMILES string of the molecule is O=c1cc(-c2c[nH]c3ncccc23)cc(Nc2ccccc2)[nH]1. The quantitative estimate of drug-likeness (QED) is 0.540. The lowest BCUT2D eigenvalue weighted by atomic mass is 10.1. The molecule has 3 heterocycles. The first-order chi connectivity index (χ1) is 11.3. The van der Waals surface area contributed by atoms with E-state index >= 15 is 0 Å². The summed E-state index contributed by atoms with van der Waals surface area (Å²) >= 11 is 0. The van der Waals surface area contributed by atoms with E-state index in [1.165, 1.54) is 0 Å². The Bertz CT molecular complexity index is 1020. The van der Waals surface area contributed by atoms with Crippen LogP contribution in [-0.2, 0) is 0 Å². The predicted molar refractivity (Wildman–Crippen MR) is 91.9 cm³/mol. The fraction of sp³-hybridized carbons (Fsp3) is 0. The highest BCUT2D eigenvalue weighted by molar-refractivity contribution is 5.93. The van der Waals surface area contributed by atoms with Gasteiger partial charge in [-0.25, -0.2) is 4.98 Å². The molecule has 0 amide bonds. The molecule has 0 aliphatic heterocycles. The summed E-state index contributed by atoms with van der Waals surface area (Å²) in [6.07, 6.45) is 3.61. The van der Waals surface area contributed by atoms with Gasteiger partial charge in [-0.2, -0.15) is 0 Å². The van der Waals surface area contributed by atoms with Crippen LogP contribution in [0.3, 0.4) is 0 Å². The van der Waals surface area contributed by atoms with Gasteiger partial charge >= 0.3 is 0 Å². The molecule has 5 nitrogen and oxygen atoms in total. The maximum absolute atomic E-state index is 12.0. The maximum atomic E-state index is 12.0. The van der Waals surface area contributed by atoms with Gasteiger partial charge in [-0.1, -0.05) is 18.2 Å². The molecule has 4 rings (SSSR count). The van der Waals surface area contributed by atoms with Crippen LogP contribution in [0.4, 0.5) is 11.5 Å². The summed E-state index contributed by atoms with van der Waals surface area (Å²) in [5, 5.41) is 4.20. The van der Waals surface area contributed by atoms with E-state index in [0.29, 0.717) is 5.82 Å². The van der Waals surface area contributed by atoms with Gasteiger partial charge < -0.3 is 15.3 Å². The van der Waals surface area contributed by atoms with Gasteiger partial charge in [0.15, 0.2) is 0 Å². The largest absolute Gasteiger partial charge is 0.346 e. The van der Waals surface area contributed by atoms with Gasteiger partial charge in [-0.15, -0.1) is 0 Å². The van der Waals surface area contributed by atoms with Crippen molar-refractivity contribution in [2.75, 3.05) is 5.32 Å². The minimum atomic E-state index is -0.154. The normalized spacial score (nSPS) is 10.8. The van der Waals surface area contributed by atoms with Crippen LogP contribution in [0.15, 0.2) is 71.8 Å². The van der Waals surface area contributed by atoms with Gasteiger partial charge in [-0.3, -0.25) is 4.79 Å². The van der Waals surface area contributed by atoms with Crippen LogP contribution >= 0.6 is 0 Å². The maximum Gasteiger partial charge on any atom is 0.250 e. The molecule has 4 aromatic rings. The Morgan fingerprint density at radius 2 is 1.87 bits per heavy atom.